The van der Waals surface area contributed by atoms with Crippen LogP contribution in [0.2, 0.25) is 0 Å². The number of carbonyl (C=O) groups excluding carboxylic acids is 1. The first-order valence-electron chi connectivity index (χ1n) is 11.8. The Labute approximate surface area is 182 Å². The van der Waals surface area contributed by atoms with Gasteiger partial charge in [0.2, 0.25) is 5.91 Å². The topological polar surface area (TPSA) is 57.3 Å². The van der Waals surface area contributed by atoms with Gasteiger partial charge in [-0.05, 0) is 75.0 Å². The summed E-state index contributed by atoms with van der Waals surface area (Å²) in [7, 11) is 0. The molecular weight excluding hydrogens is 391 g/mol. The van der Waals surface area contributed by atoms with Crippen molar-refractivity contribution in [2.45, 2.75) is 62.2 Å². The lowest BCUT2D eigenvalue weighted by Crippen LogP contribution is -2.67. The van der Waals surface area contributed by atoms with Gasteiger partial charge in [0, 0.05) is 23.0 Å². The Morgan fingerprint density at radius 3 is 2.65 bits per heavy atom. The van der Waals surface area contributed by atoms with Crippen LogP contribution in [0.3, 0.4) is 0 Å². The standard InChI is InChI=1S/C25H31FN4O/c26-20-7-8-30(15-20)23(31)14-27-24-10-17-9-18(11-24)13-25(12-17,16-24)29-22-6-5-19-3-1-2-4-21(19)28-22/h1-6,17-18,20,27H,7-16H2,(H,28,29)/t17-,18-,20-,24?,25?/m0/s1. The molecule has 4 aliphatic carbocycles. The second kappa shape index (κ2) is 7.16. The second-order valence-electron chi connectivity index (χ2n) is 10.6. The molecule has 1 saturated heterocycles. The van der Waals surface area contributed by atoms with Crippen LogP contribution in [0.1, 0.15) is 44.9 Å². The van der Waals surface area contributed by atoms with Crippen molar-refractivity contribution in [2.75, 3.05) is 25.0 Å². The molecule has 0 spiro atoms. The molecule has 5 nitrogen and oxygen atoms in total. The number of hydrogen-bond acceptors (Lipinski definition) is 4. The number of nitrogens with zero attached hydrogens (tertiary/aromatic N) is 2. The minimum absolute atomic E-state index is 0.0123. The third kappa shape index (κ3) is 3.59. The van der Waals surface area contributed by atoms with Gasteiger partial charge in [-0.25, -0.2) is 9.37 Å². The summed E-state index contributed by atoms with van der Waals surface area (Å²) in [5.74, 6) is 2.39. The van der Waals surface area contributed by atoms with Crippen LogP contribution in [-0.4, -0.2) is 52.7 Å². The summed E-state index contributed by atoms with van der Waals surface area (Å²) < 4.78 is 13.5. The van der Waals surface area contributed by atoms with Gasteiger partial charge in [0.25, 0.3) is 0 Å². The summed E-state index contributed by atoms with van der Waals surface area (Å²) >= 11 is 0. The molecule has 6 heteroatoms. The molecule has 2 aromatic rings. The number of pyridine rings is 1. The van der Waals surface area contributed by atoms with Crippen molar-refractivity contribution in [3.05, 3.63) is 36.4 Å². The fraction of sp³-hybridized carbons (Fsp3) is 0.600. The smallest absolute Gasteiger partial charge is 0.236 e. The number of likely N-dealkylation sites (tertiary alicyclic amines) is 1. The number of alkyl halides is 1. The van der Waals surface area contributed by atoms with E-state index >= 15 is 0 Å². The lowest BCUT2D eigenvalue weighted by Gasteiger charge is -2.62. The van der Waals surface area contributed by atoms with Crippen molar-refractivity contribution < 1.29 is 9.18 Å². The molecule has 2 N–H and O–H groups in total. The van der Waals surface area contributed by atoms with E-state index in [9.17, 15) is 9.18 Å². The zero-order valence-corrected chi connectivity index (χ0v) is 17.9. The number of halogens is 1. The average Bonchev–Trinajstić information content (AvgIpc) is 3.17. The molecule has 1 aromatic heterocycles. The first-order valence-corrected chi connectivity index (χ1v) is 11.8. The third-order valence-corrected chi connectivity index (χ3v) is 8.15. The number of para-hydroxylation sites is 1. The molecule has 164 valence electrons. The molecule has 1 aliphatic heterocycles. The van der Waals surface area contributed by atoms with Crippen LogP contribution in [0.15, 0.2) is 36.4 Å². The first-order chi connectivity index (χ1) is 15.0. The quantitative estimate of drug-likeness (QED) is 0.767. The highest BCUT2D eigenvalue weighted by Crippen LogP contribution is 2.58. The number of amides is 1. The van der Waals surface area contributed by atoms with Crippen LogP contribution in [0.4, 0.5) is 10.2 Å². The van der Waals surface area contributed by atoms with E-state index in [0.717, 1.165) is 36.0 Å². The number of hydrogen-bond donors (Lipinski definition) is 2. The zero-order valence-electron chi connectivity index (χ0n) is 17.9. The van der Waals surface area contributed by atoms with Gasteiger partial charge in [-0.3, -0.25) is 4.79 Å². The van der Waals surface area contributed by atoms with Crippen molar-refractivity contribution in [1.82, 2.24) is 15.2 Å². The molecule has 7 rings (SSSR count). The molecule has 2 heterocycles. The molecule has 1 amide bonds. The largest absolute Gasteiger partial charge is 0.365 e. The van der Waals surface area contributed by atoms with E-state index in [1.165, 1.54) is 19.3 Å². The van der Waals surface area contributed by atoms with E-state index in [4.69, 9.17) is 4.98 Å². The number of benzene rings is 1. The Hall–Kier alpha value is -2.21. The molecule has 4 bridgehead atoms. The van der Waals surface area contributed by atoms with E-state index in [0.29, 0.717) is 31.3 Å². The van der Waals surface area contributed by atoms with E-state index in [1.807, 2.05) is 12.1 Å². The van der Waals surface area contributed by atoms with E-state index in [1.54, 1.807) is 4.90 Å². The van der Waals surface area contributed by atoms with Gasteiger partial charge >= 0.3 is 0 Å². The molecule has 4 saturated carbocycles. The van der Waals surface area contributed by atoms with Gasteiger partial charge in [-0.2, -0.15) is 0 Å². The van der Waals surface area contributed by atoms with Crippen LogP contribution in [0.25, 0.3) is 10.9 Å². The lowest BCUT2D eigenvalue weighted by molar-refractivity contribution is -0.130. The summed E-state index contributed by atoms with van der Waals surface area (Å²) in [6.45, 7) is 1.15. The van der Waals surface area contributed by atoms with Gasteiger partial charge in [0.1, 0.15) is 12.0 Å². The van der Waals surface area contributed by atoms with Crippen LogP contribution >= 0.6 is 0 Å². The van der Waals surface area contributed by atoms with Crippen molar-refractivity contribution in [3.8, 4) is 0 Å². The number of fused-ring (bicyclic) bond motifs is 1. The number of carbonyl (C=O) groups is 1. The summed E-state index contributed by atoms with van der Waals surface area (Å²) in [6, 6.07) is 12.5. The highest BCUT2D eigenvalue weighted by molar-refractivity contribution is 5.80. The first kappa shape index (κ1) is 19.5. The predicted molar refractivity (Wildman–Crippen MR) is 120 cm³/mol. The second-order valence-corrected chi connectivity index (χ2v) is 10.6. The van der Waals surface area contributed by atoms with Gasteiger partial charge in [-0.1, -0.05) is 18.2 Å². The molecule has 1 aromatic carbocycles. The summed E-state index contributed by atoms with van der Waals surface area (Å²) in [5, 5.41) is 8.70. The van der Waals surface area contributed by atoms with E-state index < -0.39 is 6.17 Å². The zero-order chi connectivity index (χ0) is 21.1. The Morgan fingerprint density at radius 2 is 1.87 bits per heavy atom. The van der Waals surface area contributed by atoms with Crippen LogP contribution in [-0.2, 0) is 4.79 Å². The highest BCUT2D eigenvalue weighted by Gasteiger charge is 2.57. The van der Waals surface area contributed by atoms with Crippen molar-refractivity contribution in [1.29, 1.82) is 0 Å². The van der Waals surface area contributed by atoms with Crippen molar-refractivity contribution in [3.63, 3.8) is 0 Å². The fourth-order valence-electron chi connectivity index (χ4n) is 7.34. The monoisotopic (exact) mass is 422 g/mol. The SMILES string of the molecule is O=C(CNC12C[C@@H]3C[C@@H](C1)CC(Nc1ccc4ccccc4n1)(C3)C2)N1CC[C@H](F)C1. The van der Waals surface area contributed by atoms with E-state index in [-0.39, 0.29) is 23.5 Å². The predicted octanol–water partition coefficient (Wildman–Crippen LogP) is 3.90. The van der Waals surface area contributed by atoms with Crippen LogP contribution in [0.5, 0.6) is 0 Å². The van der Waals surface area contributed by atoms with Gasteiger partial charge < -0.3 is 15.5 Å². The Balaban J connectivity index is 1.19. The molecule has 3 atom stereocenters. The maximum atomic E-state index is 13.5. The van der Waals surface area contributed by atoms with Crippen LogP contribution < -0.4 is 10.6 Å². The summed E-state index contributed by atoms with van der Waals surface area (Å²) in [5.41, 5.74) is 1.08. The van der Waals surface area contributed by atoms with E-state index in [2.05, 4.69) is 34.9 Å². The number of aromatic nitrogens is 1. The van der Waals surface area contributed by atoms with Crippen molar-refractivity contribution >= 4 is 22.6 Å². The normalized spacial score (nSPS) is 36.3. The average molecular weight is 423 g/mol. The minimum atomic E-state index is -0.856. The molecule has 0 radical (unpaired) electrons. The summed E-state index contributed by atoms with van der Waals surface area (Å²) in [6.07, 6.45) is 6.63. The number of nitrogens with one attached hydrogen (secondary N) is 2. The highest BCUT2D eigenvalue weighted by atomic mass is 19.1. The molecule has 5 aliphatic rings. The molecule has 5 fully saturated rings. The Morgan fingerprint density at radius 1 is 1.10 bits per heavy atom. The number of rotatable bonds is 5. The van der Waals surface area contributed by atoms with Gasteiger partial charge in [0.15, 0.2) is 0 Å². The summed E-state index contributed by atoms with van der Waals surface area (Å²) in [4.78, 5) is 19.2. The van der Waals surface area contributed by atoms with Gasteiger partial charge in [0.05, 0.1) is 18.6 Å². The fourth-order valence-corrected chi connectivity index (χ4v) is 7.34. The molecule has 31 heavy (non-hydrogen) atoms. The minimum Gasteiger partial charge on any atom is -0.365 e. The Bertz CT molecular complexity index is 996. The lowest BCUT2D eigenvalue weighted by atomic mass is 9.50. The molecular formula is C25H31FN4O. The van der Waals surface area contributed by atoms with Crippen molar-refractivity contribution in [2.24, 2.45) is 11.8 Å². The maximum absolute atomic E-state index is 13.5. The van der Waals surface area contributed by atoms with Crippen LogP contribution in [0, 0.1) is 11.8 Å². The number of anilines is 1. The maximum Gasteiger partial charge on any atom is 0.236 e. The van der Waals surface area contributed by atoms with Gasteiger partial charge in [-0.15, -0.1) is 0 Å². The molecule has 0 unspecified atom stereocenters. The Kier molecular flexibility index (Phi) is 4.50. The third-order valence-electron chi connectivity index (χ3n) is 8.15.